The molecule has 3 aromatic rings. The monoisotopic (exact) mass is 525 g/mol. The number of hydrogen-bond acceptors (Lipinski definition) is 7. The second-order valence-corrected chi connectivity index (χ2v) is 8.59. The lowest BCUT2D eigenvalue weighted by Gasteiger charge is -2.16. The Labute approximate surface area is 208 Å². The van der Waals surface area contributed by atoms with Crippen LogP contribution in [0.2, 0.25) is 10.0 Å². The van der Waals surface area contributed by atoms with E-state index in [4.69, 9.17) is 27.9 Å². The predicted molar refractivity (Wildman–Crippen MR) is 128 cm³/mol. The summed E-state index contributed by atoms with van der Waals surface area (Å²) < 4.78 is 20.8. The first-order valence-corrected chi connectivity index (χ1v) is 11.5. The Morgan fingerprint density at radius 3 is 2.76 bits per heavy atom. The van der Waals surface area contributed by atoms with Crippen molar-refractivity contribution in [2.24, 2.45) is 0 Å². The first-order valence-electron chi connectivity index (χ1n) is 9.72. The van der Waals surface area contributed by atoms with Gasteiger partial charge in [-0.3, -0.25) is 19.5 Å². The summed E-state index contributed by atoms with van der Waals surface area (Å²) >= 11 is 12.9. The predicted octanol–water partition coefficient (Wildman–Crippen LogP) is 5.69. The lowest BCUT2D eigenvalue weighted by molar-refractivity contribution is -0.384. The van der Waals surface area contributed by atoms with Crippen LogP contribution in [0.3, 0.4) is 0 Å². The molecule has 13 heteroatoms. The third-order valence-electron chi connectivity index (χ3n) is 4.38. The molecule has 9 nitrogen and oxygen atoms in total. The van der Waals surface area contributed by atoms with Crippen LogP contribution in [0, 0.1) is 15.9 Å². The molecule has 0 saturated carbocycles. The number of carbonyl (C=O) groups is 1. The fourth-order valence-corrected chi connectivity index (χ4v) is 4.03. The van der Waals surface area contributed by atoms with Crippen molar-refractivity contribution in [3.8, 4) is 5.75 Å². The quantitative estimate of drug-likeness (QED) is 0.156. The second-order valence-electron chi connectivity index (χ2n) is 6.84. The van der Waals surface area contributed by atoms with E-state index in [0.29, 0.717) is 17.5 Å². The molecule has 178 valence electrons. The number of benzene rings is 2. The van der Waals surface area contributed by atoms with Crippen molar-refractivity contribution in [2.75, 3.05) is 11.1 Å². The molecule has 0 aliphatic rings. The number of nitrogens with zero attached hydrogens (tertiary/aromatic N) is 4. The number of nitro groups is 1. The molecule has 1 heterocycles. The van der Waals surface area contributed by atoms with Crippen molar-refractivity contribution in [1.29, 1.82) is 0 Å². The molecule has 2 aromatic carbocycles. The number of allylic oxidation sites excluding steroid dienone is 1. The van der Waals surface area contributed by atoms with E-state index in [1.165, 1.54) is 30.3 Å². The highest BCUT2D eigenvalue weighted by Crippen LogP contribution is 2.31. The number of halogens is 3. The van der Waals surface area contributed by atoms with Gasteiger partial charge in [-0.05, 0) is 37.3 Å². The number of anilines is 1. The zero-order valence-corrected chi connectivity index (χ0v) is 20.0. The summed E-state index contributed by atoms with van der Waals surface area (Å²) in [6.45, 7) is 5.81. The van der Waals surface area contributed by atoms with E-state index in [2.05, 4.69) is 22.1 Å². The summed E-state index contributed by atoms with van der Waals surface area (Å²) in [7, 11) is 0. The molecule has 0 spiro atoms. The molecule has 1 N–H and O–H groups in total. The zero-order valence-electron chi connectivity index (χ0n) is 17.7. The summed E-state index contributed by atoms with van der Waals surface area (Å²) in [4.78, 5) is 22.8. The highest BCUT2D eigenvalue weighted by Gasteiger charge is 2.21. The third-order valence-corrected chi connectivity index (χ3v) is 5.96. The number of amides is 1. The molecule has 0 bridgehead atoms. The summed E-state index contributed by atoms with van der Waals surface area (Å²) in [5.74, 6) is -0.181. The highest BCUT2D eigenvalue weighted by molar-refractivity contribution is 7.99. The molecule has 3 rings (SSSR count). The van der Waals surface area contributed by atoms with Crippen LogP contribution < -0.4 is 10.1 Å². The smallest absolute Gasteiger partial charge is 0.289 e. The Morgan fingerprint density at radius 2 is 2.09 bits per heavy atom. The number of carbonyl (C=O) groups excluding carboxylic acids is 1. The van der Waals surface area contributed by atoms with Gasteiger partial charge in [0.25, 0.3) is 5.69 Å². The minimum absolute atomic E-state index is 0.0271. The minimum Gasteiger partial charge on any atom is -0.481 e. The van der Waals surface area contributed by atoms with Crippen molar-refractivity contribution in [3.63, 3.8) is 0 Å². The number of thioether (sulfide) groups is 1. The molecule has 34 heavy (non-hydrogen) atoms. The van der Waals surface area contributed by atoms with Gasteiger partial charge in [0.2, 0.25) is 5.91 Å². The maximum atomic E-state index is 13.3. The number of nitro benzene ring substituents is 1. The van der Waals surface area contributed by atoms with Crippen molar-refractivity contribution in [1.82, 2.24) is 14.8 Å². The molecular formula is C21H18Cl2FN5O4S. The second kappa shape index (κ2) is 11.3. The van der Waals surface area contributed by atoms with Gasteiger partial charge in [0.1, 0.15) is 16.6 Å². The van der Waals surface area contributed by atoms with E-state index in [1.807, 2.05) is 0 Å². The molecule has 1 amide bonds. The lowest BCUT2D eigenvalue weighted by Crippen LogP contribution is -2.15. The molecule has 0 aliphatic heterocycles. The van der Waals surface area contributed by atoms with Gasteiger partial charge in [-0.15, -0.1) is 16.8 Å². The van der Waals surface area contributed by atoms with Gasteiger partial charge in [0.05, 0.1) is 15.7 Å². The Hall–Kier alpha value is -3.15. The van der Waals surface area contributed by atoms with Gasteiger partial charge in [0.15, 0.2) is 17.1 Å². The largest absolute Gasteiger partial charge is 0.481 e. The van der Waals surface area contributed by atoms with Gasteiger partial charge in [-0.2, -0.15) is 0 Å². The Kier molecular flexibility index (Phi) is 8.48. The first-order chi connectivity index (χ1) is 16.2. The van der Waals surface area contributed by atoms with Crippen LogP contribution in [0.1, 0.15) is 18.9 Å². The van der Waals surface area contributed by atoms with Crippen LogP contribution in [0.5, 0.6) is 5.75 Å². The van der Waals surface area contributed by atoms with Crippen LogP contribution in [0.4, 0.5) is 15.8 Å². The topological polar surface area (TPSA) is 112 Å². The van der Waals surface area contributed by atoms with E-state index >= 15 is 0 Å². The number of nitrogens with one attached hydrogen (secondary N) is 1. The first kappa shape index (κ1) is 25.5. The fourth-order valence-electron chi connectivity index (χ4n) is 2.88. The maximum Gasteiger partial charge on any atom is 0.289 e. The Bertz CT molecular complexity index is 1240. The van der Waals surface area contributed by atoms with E-state index in [9.17, 15) is 19.3 Å². The van der Waals surface area contributed by atoms with Crippen LogP contribution >= 0.6 is 35.0 Å². The van der Waals surface area contributed by atoms with E-state index in [-0.39, 0.29) is 32.9 Å². The van der Waals surface area contributed by atoms with E-state index in [1.54, 1.807) is 17.6 Å². The maximum absolute atomic E-state index is 13.3. The number of rotatable bonds is 10. The molecular weight excluding hydrogens is 508 g/mol. The van der Waals surface area contributed by atoms with Crippen LogP contribution in [0.25, 0.3) is 0 Å². The van der Waals surface area contributed by atoms with E-state index in [0.717, 1.165) is 17.8 Å². The Balaban J connectivity index is 1.69. The Morgan fingerprint density at radius 1 is 1.32 bits per heavy atom. The van der Waals surface area contributed by atoms with Crippen molar-refractivity contribution in [3.05, 3.63) is 80.9 Å². The van der Waals surface area contributed by atoms with Crippen LogP contribution in [0.15, 0.2) is 54.2 Å². The fraction of sp³-hybridized carbons (Fsp3) is 0.190. The van der Waals surface area contributed by atoms with Crippen molar-refractivity contribution in [2.45, 2.75) is 24.7 Å². The standard InChI is InChI=1S/C21H18Cl2FN5O4S/c1-3-8-28-20(12(2)33-18-7-4-13(24)9-16(18)23)26-27-21(28)34-11-19(30)25-14-5-6-15(22)17(10-14)29(31)32/h3-7,9-10,12H,1,8,11H2,2H3,(H,25,30). The zero-order chi connectivity index (χ0) is 24.8. The summed E-state index contributed by atoms with van der Waals surface area (Å²) in [5.41, 5.74) is -0.0640. The number of ether oxygens (including phenoxy) is 1. The molecule has 0 saturated heterocycles. The van der Waals surface area contributed by atoms with Crippen LogP contribution in [-0.2, 0) is 11.3 Å². The average molecular weight is 526 g/mol. The van der Waals surface area contributed by atoms with Gasteiger partial charge < -0.3 is 10.1 Å². The minimum atomic E-state index is -0.631. The van der Waals surface area contributed by atoms with Gasteiger partial charge >= 0.3 is 0 Å². The highest BCUT2D eigenvalue weighted by atomic mass is 35.5. The van der Waals surface area contributed by atoms with Gasteiger partial charge in [0, 0.05) is 18.3 Å². The van der Waals surface area contributed by atoms with Gasteiger partial charge in [-0.25, -0.2) is 4.39 Å². The number of hydrogen-bond donors (Lipinski definition) is 1. The van der Waals surface area contributed by atoms with Crippen molar-refractivity contribution >= 4 is 52.2 Å². The molecule has 0 aliphatic carbocycles. The molecule has 0 fully saturated rings. The van der Waals surface area contributed by atoms with E-state index < -0.39 is 22.8 Å². The molecule has 1 atom stereocenters. The van der Waals surface area contributed by atoms with Crippen molar-refractivity contribution < 1.29 is 18.8 Å². The molecule has 1 aromatic heterocycles. The summed E-state index contributed by atoms with van der Waals surface area (Å²) in [6.07, 6.45) is 1.05. The molecule has 0 radical (unpaired) electrons. The molecule has 1 unspecified atom stereocenters. The van der Waals surface area contributed by atoms with Crippen LogP contribution in [-0.4, -0.2) is 31.3 Å². The third kappa shape index (κ3) is 6.25. The number of aromatic nitrogens is 3. The van der Waals surface area contributed by atoms with Gasteiger partial charge in [-0.1, -0.05) is 41.0 Å². The lowest BCUT2D eigenvalue weighted by atomic mass is 10.3. The average Bonchev–Trinajstić information content (AvgIpc) is 3.18. The normalized spacial score (nSPS) is 11.6. The summed E-state index contributed by atoms with van der Waals surface area (Å²) in [5, 5.41) is 22.4. The summed E-state index contributed by atoms with van der Waals surface area (Å²) in [6, 6.07) is 7.79. The SMILES string of the molecule is C=CCn1c(SCC(=O)Nc2ccc(Cl)c([N+](=O)[O-])c2)nnc1C(C)Oc1ccc(F)cc1Cl.